The summed E-state index contributed by atoms with van der Waals surface area (Å²) in [5.41, 5.74) is 1.59. The van der Waals surface area contributed by atoms with Gasteiger partial charge in [-0.15, -0.1) is 0 Å². The molecule has 0 aliphatic carbocycles. The number of carbonyl (C=O) groups is 4. The molecule has 2 bridgehead atoms. The Morgan fingerprint density at radius 1 is 0.915 bits per heavy atom. The van der Waals surface area contributed by atoms with Crippen molar-refractivity contribution in [3.63, 3.8) is 0 Å². The Bertz CT molecular complexity index is 1390. The van der Waals surface area contributed by atoms with E-state index in [1.165, 1.54) is 17.0 Å². The molecule has 0 unspecified atom stereocenters. The van der Waals surface area contributed by atoms with Gasteiger partial charge in [0.05, 0.1) is 18.7 Å². The first-order valence-electron chi connectivity index (χ1n) is 16.6. The van der Waals surface area contributed by atoms with Gasteiger partial charge in [-0.1, -0.05) is 56.3 Å². The second-order valence-corrected chi connectivity index (χ2v) is 13.3. The van der Waals surface area contributed by atoms with E-state index in [4.69, 9.17) is 4.74 Å². The minimum atomic E-state index is -1.09. The van der Waals surface area contributed by atoms with Gasteiger partial charge < -0.3 is 30.7 Å². The van der Waals surface area contributed by atoms with Gasteiger partial charge in [-0.2, -0.15) is 0 Å². The summed E-state index contributed by atoms with van der Waals surface area (Å²) in [6.45, 7) is 4.78. The van der Waals surface area contributed by atoms with E-state index < -0.39 is 54.1 Å². The highest BCUT2D eigenvalue weighted by Gasteiger charge is 2.41. The van der Waals surface area contributed by atoms with Crippen molar-refractivity contribution in [1.29, 1.82) is 0 Å². The number of halogens is 1. The van der Waals surface area contributed by atoms with E-state index in [1.807, 2.05) is 44.2 Å². The van der Waals surface area contributed by atoms with Gasteiger partial charge in [0.1, 0.15) is 30.0 Å². The van der Waals surface area contributed by atoms with Crippen molar-refractivity contribution in [2.75, 3.05) is 26.2 Å². The number of benzene rings is 2. The second kappa shape index (κ2) is 15.8. The third-order valence-corrected chi connectivity index (χ3v) is 9.10. The lowest BCUT2D eigenvalue weighted by molar-refractivity contribution is -0.142. The van der Waals surface area contributed by atoms with E-state index in [0.717, 1.165) is 11.1 Å². The fourth-order valence-corrected chi connectivity index (χ4v) is 6.73. The van der Waals surface area contributed by atoms with Crippen molar-refractivity contribution in [3.8, 4) is 0 Å². The molecule has 3 aliphatic heterocycles. The van der Waals surface area contributed by atoms with Crippen molar-refractivity contribution in [1.82, 2.24) is 25.8 Å². The van der Waals surface area contributed by atoms with Gasteiger partial charge in [-0.05, 0) is 54.9 Å². The zero-order valence-electron chi connectivity index (χ0n) is 27.1. The third-order valence-electron chi connectivity index (χ3n) is 9.10. The molecule has 0 aromatic heterocycles. The molecule has 11 nitrogen and oxygen atoms in total. The van der Waals surface area contributed by atoms with Crippen LogP contribution in [0.4, 0.5) is 4.39 Å². The molecule has 3 heterocycles. The van der Waals surface area contributed by atoms with Crippen LogP contribution >= 0.6 is 0 Å². The molecule has 0 spiro atoms. The van der Waals surface area contributed by atoms with E-state index in [0.29, 0.717) is 32.2 Å². The highest BCUT2D eigenvalue weighted by molar-refractivity contribution is 5.95. The molecule has 47 heavy (non-hydrogen) atoms. The zero-order valence-corrected chi connectivity index (χ0v) is 27.1. The highest BCUT2D eigenvalue weighted by atomic mass is 19.1. The van der Waals surface area contributed by atoms with Crippen LogP contribution in [0.1, 0.15) is 50.7 Å². The van der Waals surface area contributed by atoms with Crippen molar-refractivity contribution >= 4 is 23.6 Å². The first-order chi connectivity index (χ1) is 22.6. The standard InChI is InChI=1S/C35H46FN5O6/c1-22(2)17-27-33(44)38-26-14-16-47-30(32(26)43)20-40(19-24-10-12-25(36)13-11-24)21-31(42)37-28(18-23-7-4-3-5-8-23)35(46)41-15-6-9-29(41)34(45)39-27/h3-5,7-8,10-13,22,26-30,32,43H,6,9,14-21H2,1-2H3,(H,37,42)(H,38,44)(H,39,45)/t26-,27+,28-,29+,30+,32-/m0/s1. The van der Waals surface area contributed by atoms with Gasteiger partial charge in [-0.25, -0.2) is 4.39 Å². The predicted octanol–water partition coefficient (Wildman–Crippen LogP) is 1.53. The van der Waals surface area contributed by atoms with E-state index >= 15 is 0 Å². The summed E-state index contributed by atoms with van der Waals surface area (Å²) in [5.74, 6) is -1.90. The predicted molar refractivity (Wildman–Crippen MR) is 172 cm³/mol. The number of nitrogens with zero attached hydrogens (tertiary/aromatic N) is 2. The summed E-state index contributed by atoms with van der Waals surface area (Å²) in [4.78, 5) is 58.5. The summed E-state index contributed by atoms with van der Waals surface area (Å²) in [5, 5.41) is 20.2. The Hall–Kier alpha value is -3.87. The highest BCUT2D eigenvalue weighted by Crippen LogP contribution is 2.22. The Morgan fingerprint density at radius 3 is 2.38 bits per heavy atom. The van der Waals surface area contributed by atoms with Crippen molar-refractivity contribution < 1.29 is 33.4 Å². The van der Waals surface area contributed by atoms with E-state index in [1.54, 1.807) is 17.0 Å². The fourth-order valence-electron chi connectivity index (χ4n) is 6.73. The lowest BCUT2D eigenvalue weighted by Crippen LogP contribution is -2.60. The molecule has 2 aromatic carbocycles. The summed E-state index contributed by atoms with van der Waals surface area (Å²) >= 11 is 0. The molecule has 5 rings (SSSR count). The minimum absolute atomic E-state index is 0.0827. The Labute approximate surface area is 275 Å². The van der Waals surface area contributed by atoms with E-state index in [-0.39, 0.29) is 50.3 Å². The molecule has 254 valence electrons. The molecule has 4 amide bonds. The van der Waals surface area contributed by atoms with Crippen LogP contribution in [-0.2, 0) is 36.9 Å². The van der Waals surface area contributed by atoms with Gasteiger partial charge in [-0.3, -0.25) is 24.1 Å². The molecule has 12 heteroatoms. The number of ether oxygens (including phenoxy) is 1. The third kappa shape index (κ3) is 9.15. The Morgan fingerprint density at radius 2 is 1.66 bits per heavy atom. The maximum Gasteiger partial charge on any atom is 0.246 e. The molecule has 3 aliphatic rings. The first-order valence-corrected chi connectivity index (χ1v) is 16.6. The molecular formula is C35H46FN5O6. The van der Waals surface area contributed by atoms with Gasteiger partial charge in [0.2, 0.25) is 23.6 Å². The first kappa shape index (κ1) is 34.5. The van der Waals surface area contributed by atoms with Crippen LogP contribution in [-0.4, -0.2) is 101 Å². The van der Waals surface area contributed by atoms with Gasteiger partial charge in [0.15, 0.2) is 0 Å². The Kier molecular flexibility index (Phi) is 11.6. The van der Waals surface area contributed by atoms with Gasteiger partial charge >= 0.3 is 0 Å². The van der Waals surface area contributed by atoms with Crippen LogP contribution in [0.15, 0.2) is 54.6 Å². The van der Waals surface area contributed by atoms with Crippen LogP contribution in [0.5, 0.6) is 0 Å². The number of aliphatic hydroxyl groups is 1. The molecule has 2 aromatic rings. The largest absolute Gasteiger partial charge is 0.388 e. The summed E-state index contributed by atoms with van der Waals surface area (Å²) in [6, 6.07) is 12.1. The fraction of sp³-hybridized carbons (Fsp3) is 0.543. The number of hydrogen-bond acceptors (Lipinski definition) is 7. The average Bonchev–Trinajstić information content (AvgIpc) is 3.53. The molecule has 3 fully saturated rings. The molecule has 0 saturated carbocycles. The van der Waals surface area contributed by atoms with Crippen molar-refractivity contribution in [3.05, 3.63) is 71.5 Å². The Balaban J connectivity index is 1.48. The van der Waals surface area contributed by atoms with E-state index in [9.17, 15) is 28.7 Å². The lowest BCUT2D eigenvalue weighted by atomic mass is 9.97. The van der Waals surface area contributed by atoms with Crippen LogP contribution in [0.25, 0.3) is 0 Å². The van der Waals surface area contributed by atoms with Crippen LogP contribution in [0.2, 0.25) is 0 Å². The number of amides is 4. The van der Waals surface area contributed by atoms with E-state index in [2.05, 4.69) is 16.0 Å². The summed E-state index contributed by atoms with van der Waals surface area (Å²) in [7, 11) is 0. The monoisotopic (exact) mass is 651 g/mol. The number of fused-ring (bicyclic) bond motifs is 3. The normalized spacial score (nSPS) is 28.3. The topological polar surface area (TPSA) is 140 Å². The van der Waals surface area contributed by atoms with Crippen molar-refractivity contribution in [2.45, 2.75) is 88.9 Å². The van der Waals surface area contributed by atoms with Crippen LogP contribution in [0.3, 0.4) is 0 Å². The number of aliphatic hydroxyl groups excluding tert-OH is 1. The van der Waals surface area contributed by atoms with Crippen LogP contribution in [0, 0.1) is 11.7 Å². The van der Waals surface area contributed by atoms with Gasteiger partial charge in [0, 0.05) is 32.7 Å². The molecular weight excluding hydrogens is 605 g/mol. The smallest absolute Gasteiger partial charge is 0.246 e. The number of hydrogen-bond donors (Lipinski definition) is 4. The zero-order chi connectivity index (χ0) is 33.5. The molecule has 4 N–H and O–H groups in total. The van der Waals surface area contributed by atoms with Gasteiger partial charge in [0.25, 0.3) is 0 Å². The second-order valence-electron chi connectivity index (χ2n) is 13.3. The van der Waals surface area contributed by atoms with Crippen molar-refractivity contribution in [2.24, 2.45) is 5.92 Å². The minimum Gasteiger partial charge on any atom is -0.388 e. The molecule has 0 radical (unpaired) electrons. The molecule has 3 saturated heterocycles. The number of nitrogens with one attached hydrogen (secondary N) is 3. The van der Waals surface area contributed by atoms with Crippen LogP contribution < -0.4 is 16.0 Å². The molecule has 6 atom stereocenters. The number of rotatable bonds is 6. The summed E-state index contributed by atoms with van der Waals surface area (Å²) in [6.07, 6.45) is 0.177. The lowest BCUT2D eigenvalue weighted by Gasteiger charge is -2.38. The maximum atomic E-state index is 14.1. The summed E-state index contributed by atoms with van der Waals surface area (Å²) < 4.78 is 19.6. The average molecular weight is 652 g/mol. The number of carbonyl (C=O) groups excluding carboxylic acids is 4. The quantitative estimate of drug-likeness (QED) is 0.372. The maximum absolute atomic E-state index is 14.1. The SMILES string of the molecule is CC(C)C[C@H]1NC(=O)[C@H]2CCCN2C(=O)[C@H](Cc2ccccc2)NC(=O)CN(Cc2ccc(F)cc2)C[C@H]2OCC[C@H](NC1=O)[C@@H]2O.